The molecule has 3 aliphatic heterocycles. The van der Waals surface area contributed by atoms with Crippen molar-refractivity contribution in [1.29, 1.82) is 0 Å². The van der Waals surface area contributed by atoms with Gasteiger partial charge in [0.15, 0.2) is 0 Å². The third-order valence-electron chi connectivity index (χ3n) is 12.9. The van der Waals surface area contributed by atoms with Gasteiger partial charge in [-0.2, -0.15) is 0 Å². The maximum absolute atomic E-state index is 15.0. The number of rotatable bonds is 9. The second kappa shape index (κ2) is 17.2. The van der Waals surface area contributed by atoms with E-state index in [9.17, 15) is 27.6 Å². The third-order valence-corrected chi connectivity index (χ3v) is 14.8. The van der Waals surface area contributed by atoms with Gasteiger partial charge in [-0.05, 0) is 68.9 Å². The zero-order valence-corrected chi connectivity index (χ0v) is 35.6. The van der Waals surface area contributed by atoms with E-state index >= 15 is 0 Å². The lowest BCUT2D eigenvalue weighted by molar-refractivity contribution is -0.146. The number of ether oxygens (including phenoxy) is 2. The molecule has 2 aliphatic carbocycles. The molecule has 0 spiro atoms. The monoisotopic (exact) mass is 839 g/mol. The minimum atomic E-state index is -3.89. The Hall–Kier alpha value is -4.98. The summed E-state index contributed by atoms with van der Waals surface area (Å²) in [6.45, 7) is 5.67. The summed E-state index contributed by atoms with van der Waals surface area (Å²) in [5.74, 6) is -0.853. The highest BCUT2D eigenvalue weighted by molar-refractivity contribution is 7.91. The van der Waals surface area contributed by atoms with Crippen molar-refractivity contribution in [2.75, 3.05) is 26.7 Å². The normalized spacial score (nSPS) is 28.8. The van der Waals surface area contributed by atoms with Crippen molar-refractivity contribution in [2.24, 2.45) is 23.7 Å². The predicted molar refractivity (Wildman–Crippen MR) is 227 cm³/mol. The van der Waals surface area contributed by atoms with E-state index in [-0.39, 0.29) is 37.6 Å². The number of fused-ring (bicyclic) bond motifs is 3. The lowest BCUT2D eigenvalue weighted by Gasteiger charge is -2.36. The molecule has 2 aromatic carbocycles. The minimum Gasteiger partial charge on any atom is -0.497 e. The molecule has 13 nitrogen and oxygen atoms in total. The molecule has 0 bridgehead atoms. The molecule has 320 valence electrons. The first-order valence-corrected chi connectivity index (χ1v) is 23.2. The number of benzene rings is 2. The van der Waals surface area contributed by atoms with Crippen molar-refractivity contribution in [3.63, 3.8) is 0 Å². The maximum atomic E-state index is 15.0. The summed E-state index contributed by atoms with van der Waals surface area (Å²) in [6, 6.07) is 16.1. The molecular weight excluding hydrogens is 783 g/mol. The van der Waals surface area contributed by atoms with Gasteiger partial charge in [-0.15, -0.1) is 0 Å². The van der Waals surface area contributed by atoms with Crippen LogP contribution in [0.1, 0.15) is 84.5 Å². The number of piperidine rings is 1. The number of methoxy groups -OCH3 is 1. The standard InChI is InChI=1S/C46H57N5O8S/c1-29-20-30(2)27-50(26-29)42(52)21-32-14-8-5-4-6-11-15-33-25-46(33,45(55)49-60(56,57)36-17-18-36)48-43(53)40-23-35(28-51(40)44(32)54)59-41-24-38(31-12-9-7-10-13-31)47-39-22-34(58-3)16-19-37(39)41/h7,9-13,15-16,19,22,24,29-30,32-33,35-36,40H,4-6,8,14,17-18,20-21,23,25-28H2,1-3H3,(H,48,53)(H,49,55)/t29?,30?,32-,33-,35-,40+,46-/m1/s1. The Kier molecular flexibility index (Phi) is 12.0. The van der Waals surface area contributed by atoms with Gasteiger partial charge < -0.3 is 24.6 Å². The lowest BCUT2D eigenvalue weighted by Crippen LogP contribution is -2.57. The van der Waals surface area contributed by atoms with Crippen LogP contribution in [-0.4, -0.2) is 96.5 Å². The largest absolute Gasteiger partial charge is 0.497 e. The number of amides is 4. The highest BCUT2D eigenvalue weighted by atomic mass is 32.2. The van der Waals surface area contributed by atoms with E-state index in [1.807, 2.05) is 71.6 Å². The first kappa shape index (κ1) is 41.7. The Labute approximate surface area is 352 Å². The van der Waals surface area contributed by atoms with Gasteiger partial charge in [-0.3, -0.25) is 23.9 Å². The van der Waals surface area contributed by atoms with Crippen LogP contribution in [0.4, 0.5) is 0 Å². The van der Waals surface area contributed by atoms with Crippen molar-refractivity contribution in [3.8, 4) is 22.8 Å². The van der Waals surface area contributed by atoms with Gasteiger partial charge in [0.25, 0.3) is 5.91 Å². The Balaban J connectivity index is 1.12. The Bertz CT molecular complexity index is 2250. The van der Waals surface area contributed by atoms with Crippen LogP contribution in [0.3, 0.4) is 0 Å². The molecule has 2 N–H and O–H groups in total. The van der Waals surface area contributed by atoms with Crippen LogP contribution >= 0.6 is 0 Å². The van der Waals surface area contributed by atoms with Crippen LogP contribution in [0, 0.1) is 23.7 Å². The number of hydrogen-bond acceptors (Lipinski definition) is 9. The summed E-state index contributed by atoms with van der Waals surface area (Å²) in [4.78, 5) is 65.9. The molecule has 7 atom stereocenters. The maximum Gasteiger partial charge on any atom is 0.259 e. The number of nitrogens with zero attached hydrogens (tertiary/aromatic N) is 3. The Morgan fingerprint density at radius 2 is 1.72 bits per heavy atom. The summed E-state index contributed by atoms with van der Waals surface area (Å²) in [5.41, 5.74) is 0.723. The summed E-state index contributed by atoms with van der Waals surface area (Å²) in [5, 5.41) is 3.08. The summed E-state index contributed by atoms with van der Waals surface area (Å²) in [6.07, 6.45) is 9.31. The molecule has 4 heterocycles. The van der Waals surface area contributed by atoms with Crippen LogP contribution in [0.2, 0.25) is 0 Å². The zero-order chi connectivity index (χ0) is 42.2. The summed E-state index contributed by atoms with van der Waals surface area (Å²) in [7, 11) is -2.30. The molecular formula is C46H57N5O8S. The molecule has 14 heteroatoms. The van der Waals surface area contributed by atoms with E-state index in [4.69, 9.17) is 14.5 Å². The number of pyridine rings is 1. The van der Waals surface area contributed by atoms with Crippen LogP contribution in [0.25, 0.3) is 22.2 Å². The Morgan fingerprint density at radius 1 is 0.950 bits per heavy atom. The van der Waals surface area contributed by atoms with Gasteiger partial charge in [0.2, 0.25) is 27.7 Å². The van der Waals surface area contributed by atoms with Crippen molar-refractivity contribution in [1.82, 2.24) is 24.8 Å². The number of likely N-dealkylation sites (tertiary alicyclic amines) is 1. The van der Waals surface area contributed by atoms with E-state index in [0.717, 1.165) is 43.1 Å². The van der Waals surface area contributed by atoms with Crippen LogP contribution < -0.4 is 19.5 Å². The number of carbonyl (C=O) groups is 4. The SMILES string of the molecule is COc1ccc2c(O[C@@H]3C[C@H]4C(=O)N[C@]5(C(=O)NS(=O)(=O)C6CC6)C[C@H]5C=CCCCCC[C@H](CC(=O)N5CC(C)CC(C)C5)C(=O)N4C3)cc(-c3ccccc3)nc2c1. The molecule has 60 heavy (non-hydrogen) atoms. The topological polar surface area (TPSA) is 164 Å². The molecule has 1 aromatic heterocycles. The molecule has 4 amide bonds. The molecule has 0 radical (unpaired) electrons. The van der Waals surface area contributed by atoms with E-state index < -0.39 is 56.6 Å². The zero-order valence-electron chi connectivity index (χ0n) is 34.8. The van der Waals surface area contributed by atoms with Gasteiger partial charge in [-0.25, -0.2) is 13.4 Å². The lowest BCUT2D eigenvalue weighted by atomic mass is 9.90. The van der Waals surface area contributed by atoms with Gasteiger partial charge >= 0.3 is 0 Å². The second-order valence-corrected chi connectivity index (χ2v) is 19.9. The van der Waals surface area contributed by atoms with Crippen molar-refractivity contribution in [3.05, 3.63) is 66.7 Å². The van der Waals surface area contributed by atoms with E-state index in [1.54, 1.807) is 12.0 Å². The van der Waals surface area contributed by atoms with E-state index in [1.165, 1.54) is 0 Å². The fraction of sp³-hybridized carbons (Fsp3) is 0.543. The van der Waals surface area contributed by atoms with Crippen molar-refractivity contribution in [2.45, 2.75) is 107 Å². The first-order chi connectivity index (χ1) is 28.8. The average molecular weight is 840 g/mol. The number of aromatic nitrogens is 1. The van der Waals surface area contributed by atoms with E-state index in [2.05, 4.69) is 23.9 Å². The summed E-state index contributed by atoms with van der Waals surface area (Å²) < 4.78 is 40.5. The van der Waals surface area contributed by atoms with Crippen LogP contribution in [0.15, 0.2) is 66.7 Å². The molecule has 4 fully saturated rings. The number of nitrogens with one attached hydrogen (secondary N) is 2. The van der Waals surface area contributed by atoms with Crippen molar-refractivity contribution < 1.29 is 37.1 Å². The number of carbonyl (C=O) groups excluding carboxylic acids is 4. The fourth-order valence-electron chi connectivity index (χ4n) is 9.52. The average Bonchev–Trinajstić information content (AvgIpc) is 4.16. The molecule has 3 aromatic rings. The number of hydrogen-bond donors (Lipinski definition) is 2. The molecule has 2 unspecified atom stereocenters. The smallest absolute Gasteiger partial charge is 0.259 e. The molecule has 5 aliphatic rings. The molecule has 8 rings (SSSR count). The number of sulfonamides is 1. The highest BCUT2D eigenvalue weighted by Gasteiger charge is 2.62. The second-order valence-electron chi connectivity index (χ2n) is 17.9. The first-order valence-electron chi connectivity index (χ1n) is 21.7. The van der Waals surface area contributed by atoms with Crippen LogP contribution in [-0.2, 0) is 29.2 Å². The highest BCUT2D eigenvalue weighted by Crippen LogP contribution is 2.46. The third kappa shape index (κ3) is 9.03. The van der Waals surface area contributed by atoms with Gasteiger partial charge in [-0.1, -0.05) is 69.2 Å². The Morgan fingerprint density at radius 3 is 2.45 bits per heavy atom. The molecule has 2 saturated heterocycles. The van der Waals surface area contributed by atoms with Crippen molar-refractivity contribution >= 4 is 44.6 Å². The van der Waals surface area contributed by atoms with Crippen LogP contribution in [0.5, 0.6) is 11.5 Å². The van der Waals surface area contributed by atoms with Gasteiger partial charge in [0.1, 0.15) is 29.2 Å². The van der Waals surface area contributed by atoms with Gasteiger partial charge in [0, 0.05) is 60.8 Å². The van der Waals surface area contributed by atoms with E-state index in [0.29, 0.717) is 66.9 Å². The quantitative estimate of drug-likeness (QED) is 0.255. The minimum absolute atomic E-state index is 0.0409. The molecule has 2 saturated carbocycles. The summed E-state index contributed by atoms with van der Waals surface area (Å²) >= 11 is 0. The van der Waals surface area contributed by atoms with Gasteiger partial charge in [0.05, 0.1) is 30.1 Å². The fourth-order valence-corrected chi connectivity index (χ4v) is 10.9. The predicted octanol–water partition coefficient (Wildman–Crippen LogP) is 5.77. The number of allylic oxidation sites excluding steroid dienone is 1.